The van der Waals surface area contributed by atoms with E-state index in [-0.39, 0.29) is 18.4 Å². The van der Waals surface area contributed by atoms with Crippen molar-refractivity contribution in [3.8, 4) is 0 Å². The second kappa shape index (κ2) is 4.64. The molecule has 2 aromatic rings. The van der Waals surface area contributed by atoms with Crippen LogP contribution in [0.25, 0.3) is 0 Å². The molecule has 76 valence electrons. The predicted molar refractivity (Wildman–Crippen MR) is 63.0 cm³/mol. The third kappa shape index (κ3) is 2.00. The van der Waals surface area contributed by atoms with Crippen LogP contribution in [0, 0.1) is 0 Å². The highest BCUT2D eigenvalue weighted by molar-refractivity contribution is 7.10. The minimum absolute atomic E-state index is 0. The Balaban J connectivity index is 0.000000980. The van der Waals surface area contributed by atoms with Crippen molar-refractivity contribution in [2.75, 3.05) is 0 Å². The number of rotatable bonds is 2. The fraction of sp³-hybridized carbons (Fsp3) is 0.200. The largest absolute Gasteiger partial charge is 0.353 e. The van der Waals surface area contributed by atoms with E-state index in [0.717, 1.165) is 5.69 Å². The molecule has 2 nitrogen and oxygen atoms in total. The number of aromatic nitrogens is 1. The summed E-state index contributed by atoms with van der Waals surface area (Å²) in [5.74, 6) is 0. The highest BCUT2D eigenvalue weighted by atomic mass is 35.5. The summed E-state index contributed by atoms with van der Waals surface area (Å²) in [4.78, 5) is 1.21. The normalized spacial score (nSPS) is 12.1. The molecule has 0 amide bonds. The first-order valence-electron chi connectivity index (χ1n) is 4.19. The molecule has 2 N–H and O–H groups in total. The topological polar surface area (TPSA) is 30.9 Å². The van der Waals surface area contributed by atoms with Crippen LogP contribution in [-0.4, -0.2) is 4.57 Å². The predicted octanol–water partition coefficient (Wildman–Crippen LogP) is 2.56. The molecule has 0 spiro atoms. The summed E-state index contributed by atoms with van der Waals surface area (Å²) in [7, 11) is 2.02. The molecule has 0 bridgehead atoms. The van der Waals surface area contributed by atoms with Gasteiger partial charge in [0.05, 0.1) is 6.04 Å². The van der Waals surface area contributed by atoms with Crippen LogP contribution in [0.4, 0.5) is 0 Å². The highest BCUT2D eigenvalue weighted by Gasteiger charge is 2.11. The van der Waals surface area contributed by atoms with E-state index in [9.17, 15) is 0 Å². The quantitative estimate of drug-likeness (QED) is 0.842. The van der Waals surface area contributed by atoms with Gasteiger partial charge in [0.15, 0.2) is 0 Å². The van der Waals surface area contributed by atoms with E-state index in [1.54, 1.807) is 11.3 Å². The lowest BCUT2D eigenvalue weighted by Gasteiger charge is -2.10. The molecule has 14 heavy (non-hydrogen) atoms. The van der Waals surface area contributed by atoms with E-state index in [2.05, 4.69) is 22.1 Å². The van der Waals surface area contributed by atoms with Gasteiger partial charge in [0, 0.05) is 23.8 Å². The zero-order valence-electron chi connectivity index (χ0n) is 7.88. The smallest absolute Gasteiger partial charge is 0.0799 e. The lowest BCUT2D eigenvalue weighted by Crippen LogP contribution is -2.13. The molecule has 0 radical (unpaired) electrons. The summed E-state index contributed by atoms with van der Waals surface area (Å²) in [6.07, 6.45) is 2.02. The van der Waals surface area contributed by atoms with Crippen molar-refractivity contribution < 1.29 is 0 Å². The monoisotopic (exact) mass is 228 g/mol. The van der Waals surface area contributed by atoms with Gasteiger partial charge < -0.3 is 10.3 Å². The number of nitrogens with zero attached hydrogens (tertiary/aromatic N) is 1. The molecule has 0 aliphatic carbocycles. The van der Waals surface area contributed by atoms with Gasteiger partial charge in [-0.05, 0) is 23.6 Å². The van der Waals surface area contributed by atoms with Crippen LogP contribution in [-0.2, 0) is 7.05 Å². The maximum Gasteiger partial charge on any atom is 0.0799 e. The maximum atomic E-state index is 6.10. The van der Waals surface area contributed by atoms with E-state index in [1.807, 2.05) is 25.4 Å². The van der Waals surface area contributed by atoms with E-state index < -0.39 is 0 Å². The fourth-order valence-corrected chi connectivity index (χ4v) is 2.15. The van der Waals surface area contributed by atoms with Crippen molar-refractivity contribution in [3.05, 3.63) is 46.4 Å². The number of hydrogen-bond acceptors (Lipinski definition) is 2. The highest BCUT2D eigenvalue weighted by Crippen LogP contribution is 2.23. The summed E-state index contributed by atoms with van der Waals surface area (Å²) in [5.41, 5.74) is 7.25. The van der Waals surface area contributed by atoms with Crippen LogP contribution in [0.15, 0.2) is 35.8 Å². The summed E-state index contributed by atoms with van der Waals surface area (Å²) >= 11 is 1.70. The molecule has 2 rings (SSSR count). The molecule has 0 fully saturated rings. The van der Waals surface area contributed by atoms with Gasteiger partial charge in [0.25, 0.3) is 0 Å². The van der Waals surface area contributed by atoms with Crippen LogP contribution in [0.1, 0.15) is 16.6 Å². The Kier molecular flexibility index (Phi) is 3.75. The van der Waals surface area contributed by atoms with Gasteiger partial charge >= 0.3 is 0 Å². The lowest BCUT2D eigenvalue weighted by molar-refractivity contribution is 0.756. The lowest BCUT2D eigenvalue weighted by atomic mass is 10.2. The van der Waals surface area contributed by atoms with Crippen molar-refractivity contribution in [2.45, 2.75) is 6.04 Å². The molecule has 0 aliphatic rings. The van der Waals surface area contributed by atoms with Crippen LogP contribution >= 0.6 is 23.7 Å². The molecule has 2 aromatic heterocycles. The number of thiophene rings is 1. The number of aryl methyl sites for hydroxylation is 1. The van der Waals surface area contributed by atoms with Crippen LogP contribution in [0.5, 0.6) is 0 Å². The molecule has 0 aromatic carbocycles. The Morgan fingerprint density at radius 1 is 1.36 bits per heavy atom. The molecule has 0 saturated heterocycles. The van der Waals surface area contributed by atoms with Crippen molar-refractivity contribution in [2.24, 2.45) is 12.8 Å². The summed E-state index contributed by atoms with van der Waals surface area (Å²) in [6, 6.07) is 8.19. The van der Waals surface area contributed by atoms with Crippen molar-refractivity contribution >= 4 is 23.7 Å². The first kappa shape index (κ1) is 11.3. The van der Waals surface area contributed by atoms with Crippen molar-refractivity contribution in [1.82, 2.24) is 4.57 Å². The van der Waals surface area contributed by atoms with Gasteiger partial charge in [0.2, 0.25) is 0 Å². The Labute approximate surface area is 93.8 Å². The Morgan fingerprint density at radius 2 is 2.14 bits per heavy atom. The number of hydrogen-bond donors (Lipinski definition) is 1. The molecule has 2 heterocycles. The Bertz CT molecular complexity index is 380. The van der Waals surface area contributed by atoms with Gasteiger partial charge in [-0.3, -0.25) is 0 Å². The van der Waals surface area contributed by atoms with Crippen molar-refractivity contribution in [1.29, 1.82) is 0 Å². The van der Waals surface area contributed by atoms with Gasteiger partial charge in [0.1, 0.15) is 0 Å². The third-order valence-electron chi connectivity index (χ3n) is 2.15. The summed E-state index contributed by atoms with van der Waals surface area (Å²) in [5, 5.41) is 2.05. The standard InChI is InChI=1S/C10H12N2S.ClH/c1-12-6-2-4-8(12)10(11)9-5-3-7-13-9;/h2-7,10H,11H2,1H3;1H/t10-;/m0./s1. The zero-order valence-corrected chi connectivity index (χ0v) is 9.52. The van der Waals surface area contributed by atoms with Crippen molar-refractivity contribution in [3.63, 3.8) is 0 Å². The zero-order chi connectivity index (χ0) is 9.26. The average Bonchev–Trinajstić information content (AvgIpc) is 2.72. The van der Waals surface area contributed by atoms with E-state index in [0.29, 0.717) is 0 Å². The molecule has 0 unspecified atom stereocenters. The second-order valence-electron chi connectivity index (χ2n) is 3.04. The number of nitrogens with two attached hydrogens (primary N) is 1. The summed E-state index contributed by atoms with van der Waals surface area (Å²) < 4.78 is 2.06. The maximum absolute atomic E-state index is 6.10. The average molecular weight is 229 g/mol. The van der Waals surface area contributed by atoms with Gasteiger partial charge in [-0.1, -0.05) is 6.07 Å². The van der Waals surface area contributed by atoms with Gasteiger partial charge in [-0.2, -0.15) is 0 Å². The van der Waals surface area contributed by atoms with Gasteiger partial charge in [-0.25, -0.2) is 0 Å². The Hall–Kier alpha value is -0.770. The van der Waals surface area contributed by atoms with E-state index in [1.165, 1.54) is 4.88 Å². The van der Waals surface area contributed by atoms with Crippen LogP contribution < -0.4 is 5.73 Å². The molecule has 4 heteroatoms. The number of halogens is 1. The first-order valence-corrected chi connectivity index (χ1v) is 5.07. The summed E-state index contributed by atoms with van der Waals surface area (Å²) in [6.45, 7) is 0. The van der Waals surface area contributed by atoms with Crippen LogP contribution in [0.3, 0.4) is 0 Å². The minimum atomic E-state index is 0. The van der Waals surface area contributed by atoms with Crippen LogP contribution in [0.2, 0.25) is 0 Å². The molecule has 0 aliphatic heterocycles. The molecule has 1 atom stereocenters. The first-order chi connectivity index (χ1) is 6.29. The SMILES string of the molecule is Cl.Cn1cccc1[C@H](N)c1cccs1. The molecular formula is C10H13ClN2S. The fourth-order valence-electron chi connectivity index (χ4n) is 1.41. The van der Waals surface area contributed by atoms with E-state index >= 15 is 0 Å². The minimum Gasteiger partial charge on any atom is -0.353 e. The molecule has 0 saturated carbocycles. The van der Waals surface area contributed by atoms with Gasteiger partial charge in [-0.15, -0.1) is 23.7 Å². The third-order valence-corrected chi connectivity index (χ3v) is 3.11. The second-order valence-corrected chi connectivity index (χ2v) is 4.02. The molecular weight excluding hydrogens is 216 g/mol. The van der Waals surface area contributed by atoms with E-state index in [4.69, 9.17) is 5.73 Å². The Morgan fingerprint density at radius 3 is 2.64 bits per heavy atom.